The number of rotatable bonds is 5. The minimum absolute atomic E-state index is 0.841. The summed E-state index contributed by atoms with van der Waals surface area (Å²) in [5, 5.41) is 3.28. The van der Waals surface area contributed by atoms with Crippen LogP contribution in [-0.4, -0.2) is 13.7 Å². The lowest BCUT2D eigenvalue weighted by atomic mass is 10.3. The van der Waals surface area contributed by atoms with Crippen molar-refractivity contribution in [3.8, 4) is 5.75 Å². The second-order valence-corrected chi connectivity index (χ2v) is 3.71. The van der Waals surface area contributed by atoms with Gasteiger partial charge in [0.1, 0.15) is 5.75 Å². The van der Waals surface area contributed by atoms with Crippen LogP contribution in [-0.2, 0) is 0 Å². The second-order valence-electron chi connectivity index (χ2n) is 2.85. The summed E-state index contributed by atoms with van der Waals surface area (Å²) in [6.07, 6.45) is 2.85. The van der Waals surface area contributed by atoms with Crippen LogP contribution in [0.2, 0.25) is 0 Å². The molecule has 1 rings (SSSR count). The Kier molecular flexibility index (Phi) is 4.53. The summed E-state index contributed by atoms with van der Waals surface area (Å²) in [7, 11) is 1.66. The van der Waals surface area contributed by atoms with Gasteiger partial charge in [-0.2, -0.15) is 0 Å². The van der Waals surface area contributed by atoms with Crippen LogP contribution in [0.15, 0.2) is 35.3 Å². The van der Waals surface area contributed by atoms with E-state index in [9.17, 15) is 0 Å². The summed E-state index contributed by atoms with van der Waals surface area (Å²) >= 11 is 3.40. The average molecular weight is 256 g/mol. The number of hydrogen-bond donors (Lipinski definition) is 1. The summed E-state index contributed by atoms with van der Waals surface area (Å²) in [5.41, 5.74) is 1.06. The third-order valence-electron chi connectivity index (χ3n) is 1.83. The van der Waals surface area contributed by atoms with Crippen molar-refractivity contribution in [3.05, 3.63) is 35.3 Å². The highest BCUT2D eigenvalue weighted by Crippen LogP contribution is 2.27. The van der Waals surface area contributed by atoms with E-state index in [-0.39, 0.29) is 0 Å². The molecule has 0 radical (unpaired) electrons. The molecule has 0 bridgehead atoms. The maximum Gasteiger partial charge on any atom is 0.135 e. The van der Waals surface area contributed by atoms with Gasteiger partial charge in [-0.1, -0.05) is 6.08 Å². The minimum atomic E-state index is 0.841. The number of ether oxygens (including phenoxy) is 1. The number of methoxy groups -OCH3 is 1. The Morgan fingerprint density at radius 1 is 1.57 bits per heavy atom. The lowest BCUT2D eigenvalue weighted by molar-refractivity contribution is 0.412. The largest absolute Gasteiger partial charge is 0.495 e. The molecule has 0 aromatic heterocycles. The molecule has 1 N–H and O–H groups in total. The first-order valence-corrected chi connectivity index (χ1v) is 5.25. The Bertz CT molecular complexity index is 312. The molecule has 0 aliphatic carbocycles. The van der Waals surface area contributed by atoms with E-state index >= 15 is 0 Å². The fourth-order valence-electron chi connectivity index (χ4n) is 1.09. The highest BCUT2D eigenvalue weighted by molar-refractivity contribution is 9.10. The molecule has 0 unspecified atom stereocenters. The molecule has 0 amide bonds. The molecule has 0 saturated carbocycles. The van der Waals surface area contributed by atoms with Crippen molar-refractivity contribution >= 4 is 21.6 Å². The summed E-state index contributed by atoms with van der Waals surface area (Å²) in [6, 6.07) is 5.94. The minimum Gasteiger partial charge on any atom is -0.495 e. The van der Waals surface area contributed by atoms with Gasteiger partial charge in [-0.25, -0.2) is 0 Å². The molecule has 1 aromatic rings. The van der Waals surface area contributed by atoms with Gasteiger partial charge in [-0.15, -0.1) is 6.58 Å². The lowest BCUT2D eigenvalue weighted by Crippen LogP contribution is -2.00. The van der Waals surface area contributed by atoms with Crippen LogP contribution in [0.1, 0.15) is 6.42 Å². The van der Waals surface area contributed by atoms with Gasteiger partial charge < -0.3 is 10.1 Å². The van der Waals surface area contributed by atoms with Crippen molar-refractivity contribution in [2.75, 3.05) is 19.0 Å². The van der Waals surface area contributed by atoms with Crippen molar-refractivity contribution in [2.45, 2.75) is 6.42 Å². The van der Waals surface area contributed by atoms with Gasteiger partial charge in [0.25, 0.3) is 0 Å². The highest BCUT2D eigenvalue weighted by Gasteiger charge is 2.00. The number of hydrogen-bond acceptors (Lipinski definition) is 2. The van der Waals surface area contributed by atoms with E-state index < -0.39 is 0 Å². The smallest absolute Gasteiger partial charge is 0.135 e. The third kappa shape index (κ3) is 3.07. The van der Waals surface area contributed by atoms with E-state index in [2.05, 4.69) is 27.8 Å². The van der Waals surface area contributed by atoms with Crippen LogP contribution >= 0.6 is 15.9 Å². The third-order valence-corrected chi connectivity index (χ3v) is 2.48. The molecule has 3 heteroatoms. The first kappa shape index (κ1) is 11.1. The summed E-state index contributed by atoms with van der Waals surface area (Å²) in [5.74, 6) is 0.841. The monoisotopic (exact) mass is 255 g/mol. The molecule has 14 heavy (non-hydrogen) atoms. The van der Waals surface area contributed by atoms with Crippen LogP contribution in [0, 0.1) is 0 Å². The number of anilines is 1. The number of nitrogens with one attached hydrogen (secondary N) is 1. The van der Waals surface area contributed by atoms with Crippen molar-refractivity contribution in [2.24, 2.45) is 0 Å². The van der Waals surface area contributed by atoms with Crippen LogP contribution in [0.5, 0.6) is 5.75 Å². The average Bonchev–Trinajstić information content (AvgIpc) is 2.21. The second kappa shape index (κ2) is 5.70. The van der Waals surface area contributed by atoms with Crippen molar-refractivity contribution in [1.29, 1.82) is 0 Å². The van der Waals surface area contributed by atoms with Crippen LogP contribution in [0.3, 0.4) is 0 Å². The van der Waals surface area contributed by atoms with Crippen molar-refractivity contribution in [3.63, 3.8) is 0 Å². The SMILES string of the molecule is C=CCCNc1ccc(Br)c(OC)c1. The molecule has 2 nitrogen and oxygen atoms in total. The molecule has 1 aromatic carbocycles. The Balaban J connectivity index is 2.64. The van der Waals surface area contributed by atoms with E-state index in [4.69, 9.17) is 4.74 Å². The zero-order valence-corrected chi connectivity index (χ0v) is 9.80. The van der Waals surface area contributed by atoms with E-state index in [1.54, 1.807) is 7.11 Å². The Morgan fingerprint density at radius 2 is 2.36 bits per heavy atom. The predicted octanol–water partition coefficient (Wildman–Crippen LogP) is 3.45. The maximum absolute atomic E-state index is 5.18. The first-order chi connectivity index (χ1) is 6.77. The molecule has 0 fully saturated rings. The Hall–Kier alpha value is -0.960. The van der Waals surface area contributed by atoms with Crippen molar-refractivity contribution in [1.82, 2.24) is 0 Å². The molecule has 76 valence electrons. The topological polar surface area (TPSA) is 21.3 Å². The van der Waals surface area contributed by atoms with Gasteiger partial charge in [0.15, 0.2) is 0 Å². The fraction of sp³-hybridized carbons (Fsp3) is 0.273. The summed E-state index contributed by atoms with van der Waals surface area (Å²) in [6.45, 7) is 4.56. The molecular formula is C11H14BrNO. The molecule has 0 heterocycles. The Labute approximate surface area is 93.1 Å². The Morgan fingerprint density at radius 3 is 3.00 bits per heavy atom. The predicted molar refractivity (Wildman–Crippen MR) is 64.0 cm³/mol. The zero-order valence-electron chi connectivity index (χ0n) is 8.22. The number of benzene rings is 1. The zero-order chi connectivity index (χ0) is 10.4. The summed E-state index contributed by atoms with van der Waals surface area (Å²) in [4.78, 5) is 0. The van der Waals surface area contributed by atoms with Crippen LogP contribution in [0.4, 0.5) is 5.69 Å². The van der Waals surface area contributed by atoms with E-state index in [0.717, 1.165) is 28.9 Å². The summed E-state index contributed by atoms with van der Waals surface area (Å²) < 4.78 is 6.15. The lowest BCUT2D eigenvalue weighted by Gasteiger charge is -2.08. The van der Waals surface area contributed by atoms with Gasteiger partial charge in [0.2, 0.25) is 0 Å². The standard InChI is InChI=1S/C11H14BrNO/c1-3-4-7-13-9-5-6-10(12)11(8-9)14-2/h3,5-6,8,13H,1,4,7H2,2H3. The first-order valence-electron chi connectivity index (χ1n) is 4.46. The fourth-order valence-corrected chi connectivity index (χ4v) is 1.50. The van der Waals surface area contributed by atoms with E-state index in [0.29, 0.717) is 0 Å². The van der Waals surface area contributed by atoms with Crippen LogP contribution in [0.25, 0.3) is 0 Å². The highest BCUT2D eigenvalue weighted by atomic mass is 79.9. The normalized spacial score (nSPS) is 9.57. The maximum atomic E-state index is 5.18. The van der Waals surface area contributed by atoms with Crippen molar-refractivity contribution < 1.29 is 4.74 Å². The van der Waals surface area contributed by atoms with Gasteiger partial charge in [-0.3, -0.25) is 0 Å². The molecular weight excluding hydrogens is 242 g/mol. The van der Waals surface area contributed by atoms with Gasteiger partial charge in [0, 0.05) is 18.3 Å². The van der Waals surface area contributed by atoms with Gasteiger partial charge in [-0.05, 0) is 34.5 Å². The molecule has 0 aliphatic heterocycles. The van der Waals surface area contributed by atoms with Crippen LogP contribution < -0.4 is 10.1 Å². The van der Waals surface area contributed by atoms with Gasteiger partial charge in [0.05, 0.1) is 11.6 Å². The number of halogens is 1. The van der Waals surface area contributed by atoms with E-state index in [1.165, 1.54) is 0 Å². The molecule has 0 saturated heterocycles. The molecule has 0 aliphatic rings. The molecule has 0 spiro atoms. The quantitative estimate of drug-likeness (QED) is 0.643. The van der Waals surface area contributed by atoms with E-state index in [1.807, 2.05) is 24.3 Å². The van der Waals surface area contributed by atoms with Gasteiger partial charge >= 0.3 is 0 Å². The molecule has 0 atom stereocenters.